The van der Waals surface area contributed by atoms with E-state index in [0.29, 0.717) is 17.4 Å². The van der Waals surface area contributed by atoms with Gasteiger partial charge in [-0.15, -0.1) is 11.8 Å². The summed E-state index contributed by atoms with van der Waals surface area (Å²) in [5, 5.41) is 0.483. The molecule has 0 amide bonds. The van der Waals surface area contributed by atoms with Crippen molar-refractivity contribution in [3.05, 3.63) is 35.6 Å². The summed E-state index contributed by atoms with van der Waals surface area (Å²) in [7, 11) is 0. The molecule has 1 aromatic carbocycles. The third kappa shape index (κ3) is 3.32. The summed E-state index contributed by atoms with van der Waals surface area (Å²) in [6.07, 6.45) is 0.390. The number of hydrogen-bond donors (Lipinski definition) is 0. The minimum absolute atomic E-state index is 0.184. The number of benzene rings is 1. The van der Waals surface area contributed by atoms with Crippen LogP contribution in [0.25, 0.3) is 0 Å². The van der Waals surface area contributed by atoms with E-state index >= 15 is 0 Å². The molecule has 86 valence electrons. The normalized spacial score (nSPS) is 15.8. The van der Waals surface area contributed by atoms with Gasteiger partial charge in [0.25, 0.3) is 0 Å². The molecule has 1 aliphatic rings. The van der Waals surface area contributed by atoms with Crippen LogP contribution in [0.3, 0.4) is 0 Å². The van der Waals surface area contributed by atoms with Gasteiger partial charge in [0, 0.05) is 6.42 Å². The Hall–Kier alpha value is -0.870. The summed E-state index contributed by atoms with van der Waals surface area (Å²) in [5.41, 5.74) is 0.872. The minimum atomic E-state index is -0.266. The monoisotopic (exact) mass is 240 g/mol. The Kier molecular flexibility index (Phi) is 3.96. The van der Waals surface area contributed by atoms with Crippen molar-refractivity contribution in [3.63, 3.8) is 0 Å². The number of halogens is 1. The molecule has 0 radical (unpaired) electrons. The average Bonchev–Trinajstić information content (AvgIpc) is 2.19. The molecule has 2 nitrogen and oxygen atoms in total. The van der Waals surface area contributed by atoms with E-state index in [2.05, 4.69) is 0 Å². The molecule has 0 aliphatic carbocycles. The van der Waals surface area contributed by atoms with Crippen LogP contribution in [0.15, 0.2) is 24.3 Å². The van der Waals surface area contributed by atoms with Crippen molar-refractivity contribution in [2.45, 2.75) is 11.7 Å². The van der Waals surface area contributed by atoms with E-state index in [0.717, 1.165) is 18.8 Å². The quantitative estimate of drug-likeness (QED) is 0.788. The molecule has 1 heterocycles. The summed E-state index contributed by atoms with van der Waals surface area (Å²) < 4.78 is 17.7. The van der Waals surface area contributed by atoms with Crippen molar-refractivity contribution in [3.8, 4) is 0 Å². The molecule has 0 unspecified atom stereocenters. The predicted octanol–water partition coefficient (Wildman–Crippen LogP) is 2.07. The molecular weight excluding hydrogens is 227 g/mol. The molecule has 2 rings (SSSR count). The van der Waals surface area contributed by atoms with Crippen LogP contribution in [0.2, 0.25) is 0 Å². The van der Waals surface area contributed by atoms with Gasteiger partial charge in [-0.3, -0.25) is 4.79 Å². The number of thioether (sulfide) groups is 1. The van der Waals surface area contributed by atoms with Crippen LogP contribution in [0.1, 0.15) is 5.56 Å². The molecule has 0 bridgehead atoms. The Labute approximate surface area is 98.2 Å². The summed E-state index contributed by atoms with van der Waals surface area (Å²) in [6.45, 7) is 1.52. The fourth-order valence-corrected chi connectivity index (χ4v) is 2.31. The smallest absolute Gasteiger partial charge is 0.147 e. The number of carbonyl (C=O) groups is 1. The highest BCUT2D eigenvalue weighted by molar-refractivity contribution is 8.00. The first kappa shape index (κ1) is 11.6. The number of ketones is 1. The maximum Gasteiger partial charge on any atom is 0.147 e. The van der Waals surface area contributed by atoms with Crippen LogP contribution in [-0.4, -0.2) is 30.0 Å². The van der Waals surface area contributed by atoms with Crippen LogP contribution < -0.4 is 0 Å². The van der Waals surface area contributed by atoms with E-state index in [1.165, 1.54) is 12.1 Å². The van der Waals surface area contributed by atoms with E-state index in [1.807, 2.05) is 0 Å². The molecule has 0 N–H and O–H groups in total. The van der Waals surface area contributed by atoms with Crippen molar-refractivity contribution in [1.82, 2.24) is 0 Å². The van der Waals surface area contributed by atoms with Gasteiger partial charge in [-0.2, -0.15) is 0 Å². The highest BCUT2D eigenvalue weighted by Gasteiger charge is 2.19. The number of ether oxygens (including phenoxy) is 1. The SMILES string of the molecule is O=C(CSC1COC1)Cc1ccc(F)cc1. The van der Waals surface area contributed by atoms with Crippen LogP contribution in [0.4, 0.5) is 4.39 Å². The first-order chi connectivity index (χ1) is 7.74. The zero-order valence-corrected chi connectivity index (χ0v) is 9.63. The van der Waals surface area contributed by atoms with Gasteiger partial charge in [0.05, 0.1) is 24.2 Å². The highest BCUT2D eigenvalue weighted by atomic mass is 32.2. The second-order valence-corrected chi connectivity index (χ2v) is 5.10. The first-order valence-corrected chi connectivity index (χ1v) is 6.24. The summed E-state index contributed by atoms with van der Waals surface area (Å²) in [4.78, 5) is 11.6. The lowest BCUT2D eigenvalue weighted by Crippen LogP contribution is -2.31. The highest BCUT2D eigenvalue weighted by Crippen LogP contribution is 2.19. The van der Waals surface area contributed by atoms with Crippen LogP contribution in [0.5, 0.6) is 0 Å². The Balaban J connectivity index is 1.75. The van der Waals surface area contributed by atoms with Crippen molar-refractivity contribution in [1.29, 1.82) is 0 Å². The van der Waals surface area contributed by atoms with Gasteiger partial charge in [-0.25, -0.2) is 4.39 Å². The van der Waals surface area contributed by atoms with Crippen molar-refractivity contribution >= 4 is 17.5 Å². The lowest BCUT2D eigenvalue weighted by molar-refractivity contribution is -0.116. The first-order valence-electron chi connectivity index (χ1n) is 5.19. The molecule has 1 fully saturated rings. The standard InChI is InChI=1S/C12H13FO2S/c13-10-3-1-9(2-4-10)5-11(14)8-16-12-6-15-7-12/h1-4,12H,5-8H2. The Morgan fingerprint density at radius 3 is 2.62 bits per heavy atom. The van der Waals surface area contributed by atoms with Gasteiger partial charge in [0.2, 0.25) is 0 Å². The van der Waals surface area contributed by atoms with Gasteiger partial charge in [-0.1, -0.05) is 12.1 Å². The molecule has 1 aromatic rings. The second kappa shape index (κ2) is 5.46. The lowest BCUT2D eigenvalue weighted by Gasteiger charge is -2.24. The van der Waals surface area contributed by atoms with Gasteiger partial charge in [0.15, 0.2) is 0 Å². The second-order valence-electron chi connectivity index (χ2n) is 3.81. The zero-order chi connectivity index (χ0) is 11.4. The van der Waals surface area contributed by atoms with E-state index in [4.69, 9.17) is 4.74 Å². The molecule has 1 saturated heterocycles. The molecule has 0 saturated carbocycles. The van der Waals surface area contributed by atoms with Crippen molar-refractivity contribution in [2.24, 2.45) is 0 Å². The van der Waals surface area contributed by atoms with Gasteiger partial charge < -0.3 is 4.74 Å². The number of carbonyl (C=O) groups excluding carboxylic acids is 1. The van der Waals surface area contributed by atoms with Crippen molar-refractivity contribution in [2.75, 3.05) is 19.0 Å². The largest absolute Gasteiger partial charge is 0.379 e. The van der Waals surface area contributed by atoms with Gasteiger partial charge in [-0.05, 0) is 17.7 Å². The molecule has 1 aliphatic heterocycles. The van der Waals surface area contributed by atoms with Gasteiger partial charge >= 0.3 is 0 Å². The van der Waals surface area contributed by atoms with Crippen molar-refractivity contribution < 1.29 is 13.9 Å². The molecule has 0 aromatic heterocycles. The maximum atomic E-state index is 12.6. The Morgan fingerprint density at radius 2 is 2.06 bits per heavy atom. The summed E-state index contributed by atoms with van der Waals surface area (Å²) >= 11 is 1.65. The lowest BCUT2D eigenvalue weighted by atomic mass is 10.1. The van der Waals surface area contributed by atoms with E-state index in [1.54, 1.807) is 23.9 Å². The summed E-state index contributed by atoms with van der Waals surface area (Å²) in [6, 6.07) is 6.08. The number of hydrogen-bond acceptors (Lipinski definition) is 3. The number of rotatable bonds is 5. The molecule has 4 heteroatoms. The average molecular weight is 240 g/mol. The molecule has 0 spiro atoms. The van der Waals surface area contributed by atoms with Gasteiger partial charge in [0.1, 0.15) is 11.6 Å². The fourth-order valence-electron chi connectivity index (χ4n) is 1.40. The summed E-state index contributed by atoms with van der Waals surface area (Å²) in [5.74, 6) is 0.437. The third-order valence-electron chi connectivity index (χ3n) is 2.40. The van der Waals surface area contributed by atoms with Crippen LogP contribution in [-0.2, 0) is 16.0 Å². The minimum Gasteiger partial charge on any atom is -0.379 e. The van der Waals surface area contributed by atoms with E-state index < -0.39 is 0 Å². The third-order valence-corrected chi connectivity index (χ3v) is 3.63. The maximum absolute atomic E-state index is 12.6. The Bertz CT molecular complexity index is 360. The van der Waals surface area contributed by atoms with Crippen LogP contribution in [0, 0.1) is 5.82 Å². The number of Topliss-reactive ketones (excluding diaryl/α,β-unsaturated/α-hetero) is 1. The fraction of sp³-hybridized carbons (Fsp3) is 0.417. The predicted molar refractivity (Wildman–Crippen MR) is 62.2 cm³/mol. The van der Waals surface area contributed by atoms with E-state index in [9.17, 15) is 9.18 Å². The van der Waals surface area contributed by atoms with E-state index in [-0.39, 0.29) is 11.6 Å². The molecule has 16 heavy (non-hydrogen) atoms. The van der Waals surface area contributed by atoms with Crippen LogP contribution >= 0.6 is 11.8 Å². The molecule has 0 atom stereocenters. The molecular formula is C12H13FO2S. The topological polar surface area (TPSA) is 26.3 Å². The zero-order valence-electron chi connectivity index (χ0n) is 8.82. The Morgan fingerprint density at radius 1 is 1.38 bits per heavy atom.